The predicted molar refractivity (Wildman–Crippen MR) is 192 cm³/mol. The Morgan fingerprint density at radius 1 is 1.02 bits per heavy atom. The zero-order chi connectivity index (χ0) is 38.2. The van der Waals surface area contributed by atoms with Gasteiger partial charge in [0.05, 0.1) is 11.1 Å². The molecule has 0 radical (unpaired) electrons. The van der Waals surface area contributed by atoms with Crippen LogP contribution in [0.15, 0.2) is 60.8 Å². The molecule has 3 aliphatic heterocycles. The highest BCUT2D eigenvalue weighted by Gasteiger charge is 2.44. The molecule has 6 atom stereocenters. The predicted octanol–water partition coefficient (Wildman–Crippen LogP) is -0.378. The molecule has 3 aliphatic rings. The molecule has 6 N–H and O–H groups in total. The van der Waals surface area contributed by atoms with E-state index in [0.717, 1.165) is 11.1 Å². The number of carbonyl (C=O) groups is 6. The average molecular weight is 751 g/mol. The van der Waals surface area contributed by atoms with Gasteiger partial charge < -0.3 is 41.3 Å². The summed E-state index contributed by atoms with van der Waals surface area (Å²) in [6.07, 6.45) is 0.485. The molecule has 53 heavy (non-hydrogen) atoms. The molecule has 0 saturated carbocycles. The van der Waals surface area contributed by atoms with Crippen molar-refractivity contribution in [3.05, 3.63) is 82.6 Å². The number of ether oxygens (including phenoxy) is 1. The Balaban J connectivity index is 1.47. The molecule has 16 nitrogen and oxygen atoms in total. The van der Waals surface area contributed by atoms with Crippen LogP contribution in [0.5, 0.6) is 5.75 Å². The van der Waals surface area contributed by atoms with Gasteiger partial charge in [0.2, 0.25) is 23.6 Å². The molecule has 2 bridgehead atoms. The number of nitrogens with zero attached hydrogens (tertiary/aromatic N) is 3. The molecule has 4 heterocycles. The number of nitrogens with one attached hydrogen (secondary N) is 5. The van der Waals surface area contributed by atoms with Gasteiger partial charge >= 0.3 is 0 Å². The molecule has 2 aromatic carbocycles. The van der Waals surface area contributed by atoms with E-state index in [1.54, 1.807) is 55.6 Å². The van der Waals surface area contributed by atoms with E-state index >= 15 is 0 Å². The number of rotatable bonds is 5. The summed E-state index contributed by atoms with van der Waals surface area (Å²) in [6, 6.07) is 10.2. The Morgan fingerprint density at radius 3 is 2.40 bits per heavy atom. The largest absolute Gasteiger partial charge is 0.484 e. The van der Waals surface area contributed by atoms with Gasteiger partial charge in [-0.2, -0.15) is 5.10 Å². The van der Waals surface area contributed by atoms with Gasteiger partial charge in [0.1, 0.15) is 29.9 Å². The van der Waals surface area contributed by atoms with Gasteiger partial charge in [-0.05, 0) is 49.9 Å². The monoisotopic (exact) mass is 750 g/mol. The highest BCUT2D eigenvalue weighted by molar-refractivity contribution is 6.33. The summed E-state index contributed by atoms with van der Waals surface area (Å²) in [4.78, 5) is 82.3. The number of amides is 6. The SMILES string of the molecule is C[C@@H]1NC(=O)[C@H]([C@@H](C)O)NC(=O)[C@@H]2C[C@H](NC(=O)c3nn(C)cc3Cl)CN2C(=O)[C@H](Cc2ccccc2)NC(=O)COc2ccc(cc2)CCNC1=O. The number of benzene rings is 2. The molecule has 17 heteroatoms. The Labute approximate surface area is 310 Å². The second kappa shape index (κ2) is 17.4. The van der Waals surface area contributed by atoms with Crippen LogP contribution >= 0.6 is 11.6 Å². The Bertz CT molecular complexity index is 1820. The van der Waals surface area contributed by atoms with Crippen LogP contribution in [0.4, 0.5) is 0 Å². The minimum atomic E-state index is -1.51. The van der Waals surface area contributed by atoms with Gasteiger partial charge in [-0.3, -0.25) is 33.4 Å². The summed E-state index contributed by atoms with van der Waals surface area (Å²) in [5.41, 5.74) is 1.55. The van der Waals surface area contributed by atoms with Crippen molar-refractivity contribution in [2.24, 2.45) is 7.05 Å². The highest BCUT2D eigenvalue weighted by Crippen LogP contribution is 2.23. The first-order valence-corrected chi connectivity index (χ1v) is 17.6. The van der Waals surface area contributed by atoms with E-state index in [1.807, 2.05) is 6.07 Å². The third-order valence-electron chi connectivity index (χ3n) is 8.96. The third kappa shape index (κ3) is 10.1. The number of fused-ring (bicyclic) bond motifs is 16. The van der Waals surface area contributed by atoms with Gasteiger partial charge in [0, 0.05) is 38.8 Å². The standard InChI is InChI=1S/C36H43ClN8O8/c1-20-32(48)38-14-13-22-9-11-25(12-10-22)53-19-29(47)41-27(15-23-7-5-4-6-8-23)36(52)45-17-24(40-35(51)31-26(37)18-44(3)43-31)16-28(45)33(49)42-30(21(2)46)34(50)39-20/h4-12,18,20-21,24,27-28,30,46H,13-17,19H2,1-3H3,(H,38,48)(H,39,50)(H,40,51)(H,41,47)(H,42,49)/t20-,21+,24-,27-,28-,30-/m0/s1. The lowest BCUT2D eigenvalue weighted by Gasteiger charge is -2.30. The lowest BCUT2D eigenvalue weighted by atomic mass is 10.0. The minimum absolute atomic E-state index is 0.0526. The van der Waals surface area contributed by atoms with E-state index in [1.165, 1.54) is 29.6 Å². The molecule has 1 fully saturated rings. The van der Waals surface area contributed by atoms with Crippen molar-refractivity contribution >= 4 is 47.0 Å². The fourth-order valence-electron chi connectivity index (χ4n) is 6.19. The van der Waals surface area contributed by atoms with Gasteiger partial charge in [-0.1, -0.05) is 54.1 Å². The lowest BCUT2D eigenvalue weighted by Crippen LogP contribution is -2.60. The molecular formula is C36H43ClN8O8. The van der Waals surface area contributed by atoms with E-state index in [2.05, 4.69) is 31.7 Å². The van der Waals surface area contributed by atoms with Crippen molar-refractivity contribution in [3.8, 4) is 5.75 Å². The molecule has 3 aromatic rings. The normalized spacial score (nSPS) is 24.0. The maximum absolute atomic E-state index is 14.5. The molecular weight excluding hydrogens is 708 g/mol. The van der Waals surface area contributed by atoms with Crippen molar-refractivity contribution in [2.45, 2.75) is 69.4 Å². The van der Waals surface area contributed by atoms with Crippen LogP contribution in [0.1, 0.15) is 41.9 Å². The number of aliphatic hydroxyl groups excluding tert-OH is 1. The lowest BCUT2D eigenvalue weighted by molar-refractivity contribution is -0.143. The molecule has 1 saturated heterocycles. The van der Waals surface area contributed by atoms with Gasteiger partial charge in [0.25, 0.3) is 11.8 Å². The van der Waals surface area contributed by atoms with Crippen LogP contribution in [-0.4, -0.2) is 111 Å². The molecule has 282 valence electrons. The van der Waals surface area contributed by atoms with E-state index in [9.17, 15) is 33.9 Å². The van der Waals surface area contributed by atoms with Gasteiger partial charge in [-0.15, -0.1) is 0 Å². The van der Waals surface area contributed by atoms with E-state index in [0.29, 0.717) is 12.2 Å². The molecule has 0 spiro atoms. The smallest absolute Gasteiger partial charge is 0.273 e. The van der Waals surface area contributed by atoms with Crippen molar-refractivity contribution in [1.82, 2.24) is 41.3 Å². The quantitative estimate of drug-likeness (QED) is 0.188. The number of halogens is 1. The summed E-state index contributed by atoms with van der Waals surface area (Å²) < 4.78 is 7.08. The fourth-order valence-corrected chi connectivity index (χ4v) is 6.46. The number of aromatic nitrogens is 2. The van der Waals surface area contributed by atoms with Crippen molar-refractivity contribution in [3.63, 3.8) is 0 Å². The minimum Gasteiger partial charge on any atom is -0.484 e. The molecule has 6 amide bonds. The Hall–Kier alpha value is -5.48. The number of carbonyl (C=O) groups excluding carboxylic acids is 6. The van der Waals surface area contributed by atoms with E-state index in [4.69, 9.17) is 16.3 Å². The Morgan fingerprint density at radius 2 is 1.74 bits per heavy atom. The van der Waals surface area contributed by atoms with E-state index in [-0.39, 0.29) is 36.6 Å². The number of hydrogen-bond donors (Lipinski definition) is 6. The molecule has 0 unspecified atom stereocenters. The molecule has 6 rings (SSSR count). The summed E-state index contributed by atoms with van der Waals surface area (Å²) in [5, 5.41) is 28.1. The highest BCUT2D eigenvalue weighted by atomic mass is 35.5. The first kappa shape index (κ1) is 38.7. The van der Waals surface area contributed by atoms with Gasteiger partial charge in [-0.25, -0.2) is 0 Å². The van der Waals surface area contributed by atoms with Crippen LogP contribution in [0, 0.1) is 0 Å². The fraction of sp³-hybridized carbons (Fsp3) is 0.417. The summed E-state index contributed by atoms with van der Waals surface area (Å²) in [6.45, 7) is 2.47. The van der Waals surface area contributed by atoms with Crippen LogP contribution in [0.25, 0.3) is 0 Å². The summed E-state index contributed by atoms with van der Waals surface area (Å²) >= 11 is 6.20. The topological polar surface area (TPSA) is 213 Å². The molecule has 1 aromatic heterocycles. The Kier molecular flexibility index (Phi) is 12.7. The van der Waals surface area contributed by atoms with E-state index < -0.39 is 78.4 Å². The molecule has 0 aliphatic carbocycles. The zero-order valence-corrected chi connectivity index (χ0v) is 30.3. The van der Waals surface area contributed by atoms with Crippen molar-refractivity contribution in [2.75, 3.05) is 19.7 Å². The van der Waals surface area contributed by atoms with Gasteiger partial charge in [0.15, 0.2) is 12.3 Å². The van der Waals surface area contributed by atoms with Crippen LogP contribution in [0.2, 0.25) is 5.02 Å². The second-order valence-electron chi connectivity index (χ2n) is 13.2. The zero-order valence-electron chi connectivity index (χ0n) is 29.5. The maximum atomic E-state index is 14.5. The maximum Gasteiger partial charge on any atom is 0.273 e. The van der Waals surface area contributed by atoms with Crippen LogP contribution in [-0.2, 0) is 43.9 Å². The first-order chi connectivity index (χ1) is 25.3. The van der Waals surface area contributed by atoms with Crippen molar-refractivity contribution in [1.29, 1.82) is 0 Å². The van der Waals surface area contributed by atoms with Crippen LogP contribution in [0.3, 0.4) is 0 Å². The number of aryl methyl sites for hydroxylation is 1. The number of hydrogen-bond acceptors (Lipinski definition) is 9. The number of aliphatic hydroxyl groups is 1. The van der Waals surface area contributed by atoms with Crippen molar-refractivity contribution < 1.29 is 38.6 Å². The van der Waals surface area contributed by atoms with Crippen LogP contribution < -0.4 is 31.3 Å². The third-order valence-corrected chi connectivity index (χ3v) is 9.23. The second-order valence-corrected chi connectivity index (χ2v) is 13.6. The summed E-state index contributed by atoms with van der Waals surface area (Å²) in [7, 11) is 1.60. The summed E-state index contributed by atoms with van der Waals surface area (Å²) in [5.74, 6) is -3.56. The average Bonchev–Trinajstić information content (AvgIpc) is 3.71. The first-order valence-electron chi connectivity index (χ1n) is 17.2.